The van der Waals surface area contributed by atoms with Crippen molar-refractivity contribution in [2.24, 2.45) is 0 Å². The van der Waals surface area contributed by atoms with Crippen LogP contribution in [0.15, 0.2) is 52.4 Å². The summed E-state index contributed by atoms with van der Waals surface area (Å²) >= 11 is 1.86. The Balaban J connectivity index is 2.03. The SMILES string of the molecule is CCNC1=CC2C(=CC=Cc3ccccc32)S1. The summed E-state index contributed by atoms with van der Waals surface area (Å²) in [5.74, 6) is 0.431. The number of fused-ring (bicyclic) bond motifs is 3. The zero-order chi connectivity index (χ0) is 11.7. The molecular weight excluding hydrogens is 226 g/mol. The summed E-state index contributed by atoms with van der Waals surface area (Å²) in [6.07, 6.45) is 8.92. The molecular formula is C15H15NS. The van der Waals surface area contributed by atoms with E-state index in [1.54, 1.807) is 0 Å². The van der Waals surface area contributed by atoms with Gasteiger partial charge in [0.1, 0.15) is 0 Å². The first-order valence-corrected chi connectivity index (χ1v) is 6.81. The van der Waals surface area contributed by atoms with Crippen LogP contribution in [0.5, 0.6) is 0 Å². The molecule has 0 amide bonds. The fourth-order valence-corrected chi connectivity index (χ4v) is 3.44. The molecule has 17 heavy (non-hydrogen) atoms. The molecule has 0 saturated carbocycles. The molecule has 0 fully saturated rings. The van der Waals surface area contributed by atoms with Crippen LogP contribution in [0.2, 0.25) is 0 Å². The van der Waals surface area contributed by atoms with E-state index in [0.717, 1.165) is 6.54 Å². The average Bonchev–Trinajstić information content (AvgIpc) is 2.66. The molecule has 1 N–H and O–H groups in total. The molecule has 0 saturated heterocycles. The van der Waals surface area contributed by atoms with Crippen molar-refractivity contribution in [3.8, 4) is 0 Å². The van der Waals surface area contributed by atoms with Crippen molar-refractivity contribution in [3.05, 3.63) is 63.6 Å². The molecule has 1 heterocycles. The van der Waals surface area contributed by atoms with Gasteiger partial charge >= 0.3 is 0 Å². The van der Waals surface area contributed by atoms with E-state index in [1.165, 1.54) is 21.1 Å². The summed E-state index contributed by atoms with van der Waals surface area (Å²) in [5, 5.41) is 4.70. The summed E-state index contributed by atoms with van der Waals surface area (Å²) in [5.41, 5.74) is 2.74. The lowest BCUT2D eigenvalue weighted by Gasteiger charge is -2.11. The van der Waals surface area contributed by atoms with Crippen LogP contribution in [0.4, 0.5) is 0 Å². The lowest BCUT2D eigenvalue weighted by atomic mass is 9.95. The van der Waals surface area contributed by atoms with Gasteiger partial charge < -0.3 is 5.32 Å². The predicted octanol–water partition coefficient (Wildman–Crippen LogP) is 3.88. The number of nitrogens with one attached hydrogen (secondary N) is 1. The Labute approximate surface area is 106 Å². The summed E-state index contributed by atoms with van der Waals surface area (Å²) in [7, 11) is 0. The van der Waals surface area contributed by atoms with E-state index in [4.69, 9.17) is 0 Å². The highest BCUT2D eigenvalue weighted by atomic mass is 32.2. The third-order valence-electron chi connectivity index (χ3n) is 3.07. The van der Waals surface area contributed by atoms with Gasteiger partial charge in [0, 0.05) is 17.4 Å². The highest BCUT2D eigenvalue weighted by Crippen LogP contribution is 2.46. The fraction of sp³-hybridized carbons (Fsp3) is 0.200. The van der Waals surface area contributed by atoms with E-state index >= 15 is 0 Å². The minimum absolute atomic E-state index is 0.431. The summed E-state index contributed by atoms with van der Waals surface area (Å²) in [6, 6.07) is 8.65. The van der Waals surface area contributed by atoms with Crippen LogP contribution in [-0.2, 0) is 0 Å². The van der Waals surface area contributed by atoms with Crippen LogP contribution >= 0.6 is 11.8 Å². The molecule has 2 aliphatic rings. The van der Waals surface area contributed by atoms with Crippen molar-refractivity contribution >= 4 is 17.8 Å². The molecule has 1 aliphatic heterocycles. The lowest BCUT2D eigenvalue weighted by molar-refractivity contribution is 0.897. The molecule has 1 aromatic carbocycles. The first kappa shape index (κ1) is 10.7. The second-order valence-corrected chi connectivity index (χ2v) is 5.31. The summed E-state index contributed by atoms with van der Waals surface area (Å²) in [4.78, 5) is 1.42. The van der Waals surface area contributed by atoms with Gasteiger partial charge in [-0.2, -0.15) is 0 Å². The normalized spacial score (nSPS) is 21.1. The Morgan fingerprint density at radius 1 is 1.29 bits per heavy atom. The van der Waals surface area contributed by atoms with Gasteiger partial charge in [-0.3, -0.25) is 0 Å². The van der Waals surface area contributed by atoms with Gasteiger partial charge in [-0.15, -0.1) is 0 Å². The van der Waals surface area contributed by atoms with E-state index in [1.807, 2.05) is 11.8 Å². The molecule has 1 nitrogen and oxygen atoms in total. The van der Waals surface area contributed by atoms with Crippen LogP contribution < -0.4 is 5.32 Å². The molecule has 1 aliphatic carbocycles. The van der Waals surface area contributed by atoms with Gasteiger partial charge in [0.2, 0.25) is 0 Å². The third kappa shape index (κ3) is 1.93. The average molecular weight is 241 g/mol. The highest BCUT2D eigenvalue weighted by Gasteiger charge is 2.25. The molecule has 86 valence electrons. The van der Waals surface area contributed by atoms with Crippen LogP contribution in [0.3, 0.4) is 0 Å². The van der Waals surface area contributed by atoms with Crippen molar-refractivity contribution in [3.63, 3.8) is 0 Å². The Hall–Kier alpha value is -1.41. The zero-order valence-corrected chi connectivity index (χ0v) is 10.6. The first-order valence-electron chi connectivity index (χ1n) is 5.99. The number of rotatable bonds is 2. The monoisotopic (exact) mass is 241 g/mol. The van der Waals surface area contributed by atoms with Gasteiger partial charge in [0.05, 0.1) is 5.03 Å². The minimum Gasteiger partial charge on any atom is -0.380 e. The zero-order valence-electron chi connectivity index (χ0n) is 9.81. The molecule has 0 radical (unpaired) electrons. The molecule has 1 aromatic rings. The Kier molecular flexibility index (Phi) is 2.81. The largest absolute Gasteiger partial charge is 0.380 e. The number of allylic oxidation sites excluding steroid dienone is 4. The maximum atomic E-state index is 3.41. The van der Waals surface area contributed by atoms with Crippen LogP contribution in [-0.4, -0.2) is 6.54 Å². The smallest absolute Gasteiger partial charge is 0.0696 e. The standard InChI is InChI=1S/C15H15NS/c1-2-16-15-10-13-12-8-4-3-6-11(12)7-5-9-14(13)17-15/h3-10,13,16H,2H2,1H3. The van der Waals surface area contributed by atoms with Gasteiger partial charge in [-0.1, -0.05) is 54.3 Å². The lowest BCUT2D eigenvalue weighted by Crippen LogP contribution is -2.07. The number of hydrogen-bond acceptors (Lipinski definition) is 2. The molecule has 0 bridgehead atoms. The van der Waals surface area contributed by atoms with E-state index in [9.17, 15) is 0 Å². The van der Waals surface area contributed by atoms with Crippen molar-refractivity contribution in [1.29, 1.82) is 0 Å². The minimum atomic E-state index is 0.431. The van der Waals surface area contributed by atoms with Gasteiger partial charge in [-0.25, -0.2) is 0 Å². The van der Waals surface area contributed by atoms with Gasteiger partial charge in [-0.05, 0) is 24.1 Å². The van der Waals surface area contributed by atoms with Crippen LogP contribution in [0.25, 0.3) is 6.08 Å². The van der Waals surface area contributed by atoms with Gasteiger partial charge in [0.15, 0.2) is 0 Å². The number of thioether (sulfide) groups is 1. The van der Waals surface area contributed by atoms with E-state index in [-0.39, 0.29) is 0 Å². The second-order valence-electron chi connectivity index (χ2n) is 4.20. The predicted molar refractivity (Wildman–Crippen MR) is 75.7 cm³/mol. The number of benzene rings is 1. The molecule has 1 unspecified atom stereocenters. The van der Waals surface area contributed by atoms with Crippen LogP contribution in [0.1, 0.15) is 24.0 Å². The molecule has 2 heteroatoms. The second kappa shape index (κ2) is 4.46. The summed E-state index contributed by atoms with van der Waals surface area (Å²) in [6.45, 7) is 3.12. The molecule has 0 aromatic heterocycles. The van der Waals surface area contributed by atoms with Gasteiger partial charge in [0.25, 0.3) is 0 Å². The Bertz CT molecular complexity index is 525. The topological polar surface area (TPSA) is 12.0 Å². The maximum Gasteiger partial charge on any atom is 0.0696 e. The molecule has 3 rings (SSSR count). The fourth-order valence-electron chi connectivity index (χ4n) is 2.30. The van der Waals surface area contributed by atoms with E-state index in [2.05, 4.69) is 60.8 Å². The highest BCUT2D eigenvalue weighted by molar-refractivity contribution is 8.07. The van der Waals surface area contributed by atoms with Crippen molar-refractivity contribution in [1.82, 2.24) is 5.32 Å². The Morgan fingerprint density at radius 2 is 2.18 bits per heavy atom. The van der Waals surface area contributed by atoms with Crippen molar-refractivity contribution in [2.75, 3.05) is 6.54 Å². The Morgan fingerprint density at radius 3 is 3.06 bits per heavy atom. The first-order chi connectivity index (χ1) is 8.38. The third-order valence-corrected chi connectivity index (χ3v) is 4.20. The maximum absolute atomic E-state index is 3.41. The quantitative estimate of drug-likeness (QED) is 0.843. The number of hydrogen-bond donors (Lipinski definition) is 1. The van der Waals surface area contributed by atoms with Crippen molar-refractivity contribution in [2.45, 2.75) is 12.8 Å². The summed E-state index contributed by atoms with van der Waals surface area (Å²) < 4.78 is 0. The molecule has 1 atom stereocenters. The van der Waals surface area contributed by atoms with Crippen molar-refractivity contribution < 1.29 is 0 Å². The molecule has 0 spiro atoms. The van der Waals surface area contributed by atoms with E-state index in [0.29, 0.717) is 5.92 Å². The van der Waals surface area contributed by atoms with Crippen LogP contribution in [0, 0.1) is 0 Å². The van der Waals surface area contributed by atoms with E-state index < -0.39 is 0 Å².